The normalized spacial score (nSPS) is 17.8. The fraction of sp³-hybridized carbons (Fsp3) is 0.0769. The van der Waals surface area contributed by atoms with Crippen LogP contribution < -0.4 is 4.90 Å². The summed E-state index contributed by atoms with van der Waals surface area (Å²) in [6.07, 6.45) is 1.85. The van der Waals surface area contributed by atoms with E-state index in [1.807, 2.05) is 42.1 Å². The quantitative estimate of drug-likeness (QED) is 0.246. The average molecular weight is 461 g/mol. The maximum Gasteiger partial charge on any atom is 0.300 e. The highest BCUT2D eigenvalue weighted by Crippen LogP contribution is 2.44. The summed E-state index contributed by atoms with van der Waals surface area (Å²) < 4.78 is 15.4. The molecular weight excluding hydrogens is 443 g/mol. The Morgan fingerprint density at radius 3 is 2.33 bits per heavy atom. The van der Waals surface area contributed by atoms with Gasteiger partial charge in [-0.3, -0.25) is 14.5 Å². The number of aryl methyl sites for hydroxylation is 1. The highest BCUT2D eigenvalue weighted by molar-refractivity contribution is 6.52. The van der Waals surface area contributed by atoms with Crippen LogP contribution in [0.4, 0.5) is 10.1 Å². The van der Waals surface area contributed by atoms with Gasteiger partial charge in [0.05, 0.1) is 11.6 Å². The number of nitrogens with zero attached hydrogens (tertiary/aromatic N) is 2. The molecule has 5 nitrogen and oxygen atoms in total. The lowest BCUT2D eigenvalue weighted by Gasteiger charge is -2.25. The Hall–Kier alpha value is -3.90. The number of Topliss-reactive ketones (excluding diaryl/α,β-unsaturated/α-hetero) is 1. The first-order chi connectivity index (χ1) is 15.9. The van der Waals surface area contributed by atoms with E-state index in [9.17, 15) is 19.1 Å². The molecule has 0 spiro atoms. The number of benzene rings is 3. The van der Waals surface area contributed by atoms with Crippen LogP contribution >= 0.6 is 11.6 Å². The lowest BCUT2D eigenvalue weighted by molar-refractivity contribution is -0.132. The Balaban J connectivity index is 1.80. The third-order valence-electron chi connectivity index (χ3n) is 5.89. The van der Waals surface area contributed by atoms with Crippen LogP contribution in [0.1, 0.15) is 17.2 Å². The second kappa shape index (κ2) is 7.90. The highest BCUT2D eigenvalue weighted by atomic mass is 35.5. The van der Waals surface area contributed by atoms with E-state index in [1.54, 1.807) is 24.3 Å². The number of carbonyl (C=O) groups is 2. The molecule has 0 saturated carbocycles. The first kappa shape index (κ1) is 21.0. The lowest BCUT2D eigenvalue weighted by atomic mass is 9.94. The SMILES string of the molecule is Cn1cc(C2/C(=C(\O)c3ccc(F)cc3)C(=O)C(=O)N2c2ccc(Cl)cc2)c2ccccc21. The molecule has 1 aliphatic heterocycles. The highest BCUT2D eigenvalue weighted by Gasteiger charge is 2.47. The number of aliphatic hydroxyl groups excluding tert-OH is 1. The van der Waals surface area contributed by atoms with Gasteiger partial charge in [0.25, 0.3) is 11.7 Å². The molecule has 1 saturated heterocycles. The van der Waals surface area contributed by atoms with Gasteiger partial charge >= 0.3 is 0 Å². The summed E-state index contributed by atoms with van der Waals surface area (Å²) in [5, 5.41) is 12.5. The number of para-hydroxylation sites is 1. The minimum atomic E-state index is -0.887. The number of halogens is 2. The predicted octanol–water partition coefficient (Wildman–Crippen LogP) is 5.60. The molecule has 33 heavy (non-hydrogen) atoms. The standard InChI is InChI=1S/C26H18ClFN2O3/c1-29-14-20(19-4-2-3-5-21(19)29)23-22(24(31)15-6-10-17(28)11-7-15)25(32)26(33)30(23)18-12-8-16(27)9-13-18/h2-14,23,31H,1H3/b24-22+. The average Bonchev–Trinajstić information content (AvgIpc) is 3.28. The molecule has 1 aromatic heterocycles. The number of hydrogen-bond acceptors (Lipinski definition) is 3. The second-order valence-corrected chi connectivity index (χ2v) is 8.30. The van der Waals surface area contributed by atoms with Crippen LogP contribution in [0.2, 0.25) is 5.02 Å². The maximum atomic E-state index is 13.5. The Kier molecular flexibility index (Phi) is 5.02. The van der Waals surface area contributed by atoms with Crippen LogP contribution in [-0.4, -0.2) is 21.4 Å². The number of rotatable bonds is 3. The van der Waals surface area contributed by atoms with Crippen LogP contribution in [0.5, 0.6) is 0 Å². The minimum Gasteiger partial charge on any atom is -0.507 e. The fourth-order valence-electron chi connectivity index (χ4n) is 4.35. The Labute approximate surface area is 193 Å². The molecule has 1 aliphatic rings. The first-order valence-corrected chi connectivity index (χ1v) is 10.6. The van der Waals surface area contributed by atoms with Gasteiger partial charge in [-0.15, -0.1) is 0 Å². The molecule has 1 atom stereocenters. The van der Waals surface area contributed by atoms with Crippen molar-refractivity contribution in [2.24, 2.45) is 7.05 Å². The molecule has 164 valence electrons. The Morgan fingerprint density at radius 2 is 1.64 bits per heavy atom. The summed E-state index contributed by atoms with van der Waals surface area (Å²) in [6, 6.07) is 18.5. The van der Waals surface area contributed by atoms with E-state index in [0.29, 0.717) is 16.3 Å². The molecule has 2 heterocycles. The summed E-state index contributed by atoms with van der Waals surface area (Å²) in [5.41, 5.74) is 2.26. The Morgan fingerprint density at radius 1 is 0.970 bits per heavy atom. The van der Waals surface area contributed by atoms with Gasteiger partial charge in [-0.05, 0) is 54.6 Å². The first-order valence-electron chi connectivity index (χ1n) is 10.2. The smallest absolute Gasteiger partial charge is 0.300 e. The van der Waals surface area contributed by atoms with E-state index in [2.05, 4.69) is 0 Å². The summed E-state index contributed by atoms with van der Waals surface area (Å²) in [5.74, 6) is -2.41. The van der Waals surface area contributed by atoms with E-state index in [4.69, 9.17) is 11.6 Å². The molecule has 0 bridgehead atoms. The molecule has 7 heteroatoms. The number of aliphatic hydroxyl groups is 1. The molecule has 1 fully saturated rings. The number of amides is 1. The van der Waals surface area contributed by atoms with Crippen molar-refractivity contribution in [3.05, 3.63) is 107 Å². The van der Waals surface area contributed by atoms with Gasteiger partial charge in [0.2, 0.25) is 0 Å². The Bertz CT molecular complexity index is 1440. The van der Waals surface area contributed by atoms with Crippen LogP contribution in [0, 0.1) is 5.82 Å². The van der Waals surface area contributed by atoms with E-state index in [0.717, 1.165) is 10.9 Å². The predicted molar refractivity (Wildman–Crippen MR) is 126 cm³/mol. The van der Waals surface area contributed by atoms with Gasteiger partial charge in [-0.1, -0.05) is 29.8 Å². The van der Waals surface area contributed by atoms with Crippen LogP contribution in [0.15, 0.2) is 84.6 Å². The summed E-state index contributed by atoms with van der Waals surface area (Å²) >= 11 is 6.04. The molecule has 0 aliphatic carbocycles. The van der Waals surface area contributed by atoms with Crippen molar-refractivity contribution in [3.8, 4) is 0 Å². The zero-order valence-corrected chi connectivity index (χ0v) is 18.3. The molecule has 5 rings (SSSR count). The van der Waals surface area contributed by atoms with Crippen molar-refractivity contribution in [1.29, 1.82) is 0 Å². The lowest BCUT2D eigenvalue weighted by Crippen LogP contribution is -2.29. The van der Waals surface area contributed by atoms with Crippen molar-refractivity contribution < 1.29 is 19.1 Å². The molecule has 1 amide bonds. The van der Waals surface area contributed by atoms with Gasteiger partial charge in [0.15, 0.2) is 0 Å². The van der Waals surface area contributed by atoms with E-state index in [1.165, 1.54) is 29.2 Å². The molecular formula is C26H18ClFN2O3. The number of aromatic nitrogens is 1. The largest absolute Gasteiger partial charge is 0.507 e. The number of hydrogen-bond donors (Lipinski definition) is 1. The molecule has 0 radical (unpaired) electrons. The zero-order chi connectivity index (χ0) is 23.3. The van der Waals surface area contributed by atoms with Crippen molar-refractivity contribution in [1.82, 2.24) is 4.57 Å². The van der Waals surface area contributed by atoms with E-state index < -0.39 is 23.5 Å². The van der Waals surface area contributed by atoms with Gasteiger partial charge in [0.1, 0.15) is 11.6 Å². The third-order valence-corrected chi connectivity index (χ3v) is 6.14. The van der Waals surface area contributed by atoms with Crippen molar-refractivity contribution in [2.45, 2.75) is 6.04 Å². The summed E-state index contributed by atoms with van der Waals surface area (Å²) in [4.78, 5) is 27.9. The van der Waals surface area contributed by atoms with Gasteiger partial charge < -0.3 is 9.67 Å². The third kappa shape index (κ3) is 3.39. The molecule has 1 unspecified atom stereocenters. The van der Waals surface area contributed by atoms with E-state index >= 15 is 0 Å². The second-order valence-electron chi connectivity index (χ2n) is 7.86. The van der Waals surface area contributed by atoms with Crippen LogP contribution in [0.3, 0.4) is 0 Å². The zero-order valence-electron chi connectivity index (χ0n) is 17.5. The molecule has 3 aromatic carbocycles. The van der Waals surface area contributed by atoms with E-state index in [-0.39, 0.29) is 16.9 Å². The fourth-order valence-corrected chi connectivity index (χ4v) is 4.47. The maximum absolute atomic E-state index is 13.5. The molecule has 1 N–H and O–H groups in total. The van der Waals surface area contributed by atoms with Crippen molar-refractivity contribution >= 4 is 45.6 Å². The van der Waals surface area contributed by atoms with Crippen LogP contribution in [-0.2, 0) is 16.6 Å². The van der Waals surface area contributed by atoms with Crippen molar-refractivity contribution in [3.63, 3.8) is 0 Å². The van der Waals surface area contributed by atoms with Gasteiger partial charge in [0, 0.05) is 46.0 Å². The summed E-state index contributed by atoms with van der Waals surface area (Å²) in [6.45, 7) is 0. The number of fused-ring (bicyclic) bond motifs is 1. The molecule has 4 aromatic rings. The topological polar surface area (TPSA) is 62.5 Å². The minimum absolute atomic E-state index is 0.0575. The van der Waals surface area contributed by atoms with Crippen molar-refractivity contribution in [2.75, 3.05) is 4.90 Å². The van der Waals surface area contributed by atoms with Gasteiger partial charge in [-0.25, -0.2) is 4.39 Å². The number of carbonyl (C=O) groups excluding carboxylic acids is 2. The number of anilines is 1. The summed E-state index contributed by atoms with van der Waals surface area (Å²) in [7, 11) is 1.88. The monoisotopic (exact) mass is 460 g/mol. The number of ketones is 1. The van der Waals surface area contributed by atoms with Gasteiger partial charge in [-0.2, -0.15) is 0 Å². The van der Waals surface area contributed by atoms with Crippen LogP contribution in [0.25, 0.3) is 16.7 Å².